The molecule has 1 aliphatic rings. The molecule has 1 aliphatic carbocycles. The van der Waals surface area contributed by atoms with Crippen molar-refractivity contribution in [2.24, 2.45) is 5.92 Å². The molecule has 0 unspecified atom stereocenters. The lowest BCUT2D eigenvalue weighted by molar-refractivity contribution is -0.147. The first kappa shape index (κ1) is 13.2. The van der Waals surface area contributed by atoms with Crippen LogP contribution in [0, 0.1) is 5.92 Å². The minimum atomic E-state index is -0.0691. The summed E-state index contributed by atoms with van der Waals surface area (Å²) >= 11 is 0. The zero-order valence-corrected chi connectivity index (χ0v) is 10.3. The summed E-state index contributed by atoms with van der Waals surface area (Å²) in [5.74, 6) is 0.0198. The first-order valence-corrected chi connectivity index (χ1v) is 5.97. The van der Waals surface area contributed by atoms with Crippen molar-refractivity contribution in [3.05, 3.63) is 12.2 Å². The van der Waals surface area contributed by atoms with Crippen molar-refractivity contribution < 1.29 is 14.3 Å². The highest BCUT2D eigenvalue weighted by Crippen LogP contribution is 2.27. The van der Waals surface area contributed by atoms with Crippen LogP contribution < -0.4 is 0 Å². The van der Waals surface area contributed by atoms with E-state index < -0.39 is 0 Å². The fourth-order valence-corrected chi connectivity index (χ4v) is 2.03. The van der Waals surface area contributed by atoms with Gasteiger partial charge in [-0.1, -0.05) is 5.57 Å². The second-order valence-corrected chi connectivity index (χ2v) is 4.57. The van der Waals surface area contributed by atoms with Gasteiger partial charge >= 0.3 is 5.97 Å². The van der Waals surface area contributed by atoms with Gasteiger partial charge in [0.1, 0.15) is 0 Å². The standard InChI is InChI=1S/C13H22O3/c1-10(2)8-9-16-12-6-4-11(5-7-12)13(14)15-3/h11-12H,1,4-9H2,2-3H3. The molecule has 0 aromatic rings. The Bertz CT molecular complexity index is 240. The van der Waals surface area contributed by atoms with Gasteiger partial charge in [-0.25, -0.2) is 0 Å². The summed E-state index contributed by atoms with van der Waals surface area (Å²) < 4.78 is 10.5. The Morgan fingerprint density at radius 1 is 1.31 bits per heavy atom. The molecule has 0 N–H and O–H groups in total. The maximum absolute atomic E-state index is 11.3. The van der Waals surface area contributed by atoms with Crippen molar-refractivity contribution >= 4 is 5.97 Å². The van der Waals surface area contributed by atoms with Crippen molar-refractivity contribution in [2.75, 3.05) is 13.7 Å². The Balaban J connectivity index is 2.17. The van der Waals surface area contributed by atoms with E-state index in [0.29, 0.717) is 6.10 Å². The fourth-order valence-electron chi connectivity index (χ4n) is 2.03. The van der Waals surface area contributed by atoms with Gasteiger partial charge in [-0.05, 0) is 39.0 Å². The number of hydrogen-bond acceptors (Lipinski definition) is 3. The van der Waals surface area contributed by atoms with E-state index in [1.165, 1.54) is 7.11 Å². The van der Waals surface area contributed by atoms with Crippen LogP contribution in [0.15, 0.2) is 12.2 Å². The molecule has 0 heterocycles. The van der Waals surface area contributed by atoms with E-state index in [1.807, 2.05) is 6.92 Å². The van der Waals surface area contributed by atoms with E-state index in [0.717, 1.165) is 44.3 Å². The van der Waals surface area contributed by atoms with Crippen LogP contribution in [-0.2, 0) is 14.3 Å². The molecule has 3 heteroatoms. The van der Waals surface area contributed by atoms with Crippen LogP contribution in [0.2, 0.25) is 0 Å². The van der Waals surface area contributed by atoms with Crippen molar-refractivity contribution in [3.8, 4) is 0 Å². The number of rotatable bonds is 5. The van der Waals surface area contributed by atoms with Crippen LogP contribution in [0.25, 0.3) is 0 Å². The zero-order chi connectivity index (χ0) is 12.0. The maximum Gasteiger partial charge on any atom is 0.308 e. The third-order valence-electron chi connectivity index (χ3n) is 3.09. The predicted octanol–water partition coefficient (Wildman–Crippen LogP) is 2.70. The molecule has 0 atom stereocenters. The second kappa shape index (κ2) is 6.69. The zero-order valence-electron chi connectivity index (χ0n) is 10.3. The van der Waals surface area contributed by atoms with Gasteiger partial charge in [0.2, 0.25) is 0 Å². The second-order valence-electron chi connectivity index (χ2n) is 4.57. The minimum absolute atomic E-state index is 0.0691. The Hall–Kier alpha value is -0.830. The number of carbonyl (C=O) groups is 1. The average molecular weight is 226 g/mol. The number of esters is 1. The molecular formula is C13H22O3. The summed E-state index contributed by atoms with van der Waals surface area (Å²) in [5, 5.41) is 0. The van der Waals surface area contributed by atoms with Gasteiger partial charge in [0.05, 0.1) is 25.7 Å². The van der Waals surface area contributed by atoms with E-state index in [4.69, 9.17) is 9.47 Å². The van der Waals surface area contributed by atoms with Gasteiger partial charge in [-0.15, -0.1) is 6.58 Å². The quantitative estimate of drug-likeness (QED) is 0.534. The van der Waals surface area contributed by atoms with Gasteiger partial charge in [-0.3, -0.25) is 4.79 Å². The molecular weight excluding hydrogens is 204 g/mol. The Kier molecular flexibility index (Phi) is 5.53. The number of ether oxygens (including phenoxy) is 2. The molecule has 0 aromatic carbocycles. The Morgan fingerprint density at radius 2 is 1.94 bits per heavy atom. The molecule has 1 saturated carbocycles. The fraction of sp³-hybridized carbons (Fsp3) is 0.769. The highest BCUT2D eigenvalue weighted by molar-refractivity contribution is 5.72. The normalized spacial score (nSPS) is 25.1. The molecule has 1 fully saturated rings. The summed E-state index contributed by atoms with van der Waals surface area (Å²) in [7, 11) is 1.46. The van der Waals surface area contributed by atoms with E-state index in [-0.39, 0.29) is 11.9 Å². The van der Waals surface area contributed by atoms with Crippen LogP contribution in [0.1, 0.15) is 39.0 Å². The van der Waals surface area contributed by atoms with Gasteiger partial charge in [0.25, 0.3) is 0 Å². The van der Waals surface area contributed by atoms with Crippen LogP contribution in [-0.4, -0.2) is 25.8 Å². The van der Waals surface area contributed by atoms with E-state index >= 15 is 0 Å². The van der Waals surface area contributed by atoms with Crippen LogP contribution in [0.5, 0.6) is 0 Å². The SMILES string of the molecule is C=C(C)CCOC1CCC(C(=O)OC)CC1. The van der Waals surface area contributed by atoms with Gasteiger partial charge in [-0.2, -0.15) is 0 Å². The van der Waals surface area contributed by atoms with Gasteiger partial charge in [0.15, 0.2) is 0 Å². The van der Waals surface area contributed by atoms with Crippen LogP contribution in [0.4, 0.5) is 0 Å². The van der Waals surface area contributed by atoms with Crippen LogP contribution >= 0.6 is 0 Å². The van der Waals surface area contributed by atoms with Crippen LogP contribution in [0.3, 0.4) is 0 Å². The lowest BCUT2D eigenvalue weighted by Gasteiger charge is -2.26. The highest BCUT2D eigenvalue weighted by Gasteiger charge is 2.26. The molecule has 1 rings (SSSR count). The first-order chi connectivity index (χ1) is 7.63. The van der Waals surface area contributed by atoms with E-state index in [9.17, 15) is 4.79 Å². The van der Waals surface area contributed by atoms with E-state index in [1.54, 1.807) is 0 Å². The number of carbonyl (C=O) groups excluding carboxylic acids is 1. The largest absolute Gasteiger partial charge is 0.469 e. The molecule has 0 radical (unpaired) electrons. The Labute approximate surface area is 97.8 Å². The molecule has 0 aliphatic heterocycles. The lowest BCUT2D eigenvalue weighted by atomic mass is 9.87. The van der Waals surface area contributed by atoms with Crippen molar-refractivity contribution in [1.82, 2.24) is 0 Å². The van der Waals surface area contributed by atoms with Gasteiger partial charge < -0.3 is 9.47 Å². The minimum Gasteiger partial charge on any atom is -0.469 e. The van der Waals surface area contributed by atoms with E-state index in [2.05, 4.69) is 6.58 Å². The third-order valence-corrected chi connectivity index (χ3v) is 3.09. The molecule has 0 saturated heterocycles. The third kappa shape index (κ3) is 4.35. The first-order valence-electron chi connectivity index (χ1n) is 5.97. The lowest BCUT2D eigenvalue weighted by Crippen LogP contribution is -2.27. The topological polar surface area (TPSA) is 35.5 Å². The summed E-state index contributed by atoms with van der Waals surface area (Å²) in [6.07, 6.45) is 4.97. The molecule has 0 bridgehead atoms. The van der Waals surface area contributed by atoms with Crippen molar-refractivity contribution in [1.29, 1.82) is 0 Å². The summed E-state index contributed by atoms with van der Waals surface area (Å²) in [5.41, 5.74) is 1.16. The predicted molar refractivity (Wildman–Crippen MR) is 63.1 cm³/mol. The molecule has 3 nitrogen and oxygen atoms in total. The smallest absolute Gasteiger partial charge is 0.308 e. The molecule has 0 aromatic heterocycles. The Morgan fingerprint density at radius 3 is 2.44 bits per heavy atom. The summed E-state index contributed by atoms with van der Waals surface area (Å²) in [4.78, 5) is 11.3. The number of methoxy groups -OCH3 is 1. The summed E-state index contributed by atoms with van der Waals surface area (Å²) in [6, 6.07) is 0. The van der Waals surface area contributed by atoms with Crippen molar-refractivity contribution in [2.45, 2.75) is 45.1 Å². The number of hydrogen-bond donors (Lipinski definition) is 0. The monoisotopic (exact) mass is 226 g/mol. The van der Waals surface area contributed by atoms with Gasteiger partial charge in [0, 0.05) is 0 Å². The highest BCUT2D eigenvalue weighted by atomic mass is 16.5. The molecule has 0 spiro atoms. The average Bonchev–Trinajstić information content (AvgIpc) is 2.28. The summed E-state index contributed by atoms with van der Waals surface area (Å²) in [6.45, 7) is 6.61. The molecule has 0 amide bonds. The maximum atomic E-state index is 11.3. The molecule has 92 valence electrons. The molecule has 16 heavy (non-hydrogen) atoms. The van der Waals surface area contributed by atoms with Crippen molar-refractivity contribution in [3.63, 3.8) is 0 Å².